The monoisotopic (exact) mass is 292 g/mol. The summed E-state index contributed by atoms with van der Waals surface area (Å²) < 4.78 is 0. The van der Waals surface area contributed by atoms with E-state index in [4.69, 9.17) is 23.2 Å². The molecule has 0 spiro atoms. The van der Waals surface area contributed by atoms with Crippen LogP contribution >= 0.6 is 39.1 Å². The van der Waals surface area contributed by atoms with Crippen LogP contribution in [0, 0.1) is 5.92 Å². The molecule has 0 bridgehead atoms. The molecule has 1 aromatic rings. The Morgan fingerprint density at radius 2 is 1.93 bits per heavy atom. The molecule has 0 N–H and O–H groups in total. The van der Waals surface area contributed by atoms with Crippen molar-refractivity contribution in [2.75, 3.05) is 0 Å². The summed E-state index contributed by atoms with van der Waals surface area (Å²) in [5.41, 5.74) is 1.24. The first-order valence-corrected chi connectivity index (χ1v) is 6.44. The maximum absolute atomic E-state index is 5.97. The Labute approximate surface area is 103 Å². The van der Waals surface area contributed by atoms with E-state index in [1.807, 2.05) is 18.2 Å². The summed E-state index contributed by atoms with van der Waals surface area (Å²) in [6.07, 6.45) is 3.99. The first-order valence-electron chi connectivity index (χ1n) is 4.77. The van der Waals surface area contributed by atoms with Gasteiger partial charge < -0.3 is 0 Å². The van der Waals surface area contributed by atoms with Gasteiger partial charge in [0.1, 0.15) is 0 Å². The summed E-state index contributed by atoms with van der Waals surface area (Å²) in [4.78, 5) is 0.436. The second-order valence-electron chi connectivity index (χ2n) is 3.77. The lowest BCUT2D eigenvalue weighted by Gasteiger charge is -2.30. The van der Waals surface area contributed by atoms with E-state index >= 15 is 0 Å². The van der Waals surface area contributed by atoms with Crippen LogP contribution < -0.4 is 0 Å². The van der Waals surface area contributed by atoms with E-state index in [2.05, 4.69) is 15.9 Å². The van der Waals surface area contributed by atoms with Crippen LogP contribution in [0.5, 0.6) is 0 Å². The van der Waals surface area contributed by atoms with Crippen LogP contribution in [-0.2, 0) is 0 Å². The van der Waals surface area contributed by atoms with Gasteiger partial charge in [0.15, 0.2) is 0 Å². The number of benzene rings is 1. The third-order valence-corrected chi connectivity index (χ3v) is 4.84. The summed E-state index contributed by atoms with van der Waals surface area (Å²) in [5, 5.41) is 1.27. The van der Waals surface area contributed by atoms with Crippen LogP contribution in [0.4, 0.5) is 0 Å². The molecule has 1 saturated carbocycles. The summed E-state index contributed by atoms with van der Waals surface area (Å²) in [5.74, 6) is 0.771. The first-order chi connectivity index (χ1) is 6.68. The van der Waals surface area contributed by atoms with E-state index in [0.717, 1.165) is 5.92 Å². The smallest absolute Gasteiger partial charge is 0.0595 e. The molecule has 0 saturated heterocycles. The van der Waals surface area contributed by atoms with E-state index < -0.39 is 0 Å². The molecule has 1 atom stereocenters. The maximum atomic E-state index is 5.97. The predicted octanol–water partition coefficient (Wildman–Crippen LogP) is 5.23. The molecule has 0 nitrogen and oxygen atoms in total. The van der Waals surface area contributed by atoms with E-state index in [1.165, 1.54) is 24.8 Å². The van der Waals surface area contributed by atoms with Gasteiger partial charge in [0, 0.05) is 4.83 Å². The van der Waals surface area contributed by atoms with E-state index in [1.54, 1.807) is 0 Å². The Morgan fingerprint density at radius 3 is 2.43 bits per heavy atom. The summed E-state index contributed by atoms with van der Waals surface area (Å²) in [6, 6.07) is 5.87. The molecule has 76 valence electrons. The molecule has 1 aliphatic rings. The molecule has 1 fully saturated rings. The highest BCUT2D eigenvalue weighted by atomic mass is 79.9. The van der Waals surface area contributed by atoms with Crippen molar-refractivity contribution < 1.29 is 0 Å². The maximum Gasteiger partial charge on any atom is 0.0595 e. The normalized spacial score (nSPS) is 19.1. The fourth-order valence-corrected chi connectivity index (χ4v) is 2.81. The van der Waals surface area contributed by atoms with Crippen molar-refractivity contribution in [3.05, 3.63) is 33.8 Å². The van der Waals surface area contributed by atoms with Crippen molar-refractivity contribution >= 4 is 39.1 Å². The van der Waals surface area contributed by atoms with Gasteiger partial charge in [0.2, 0.25) is 0 Å². The average Bonchev–Trinajstić information content (AvgIpc) is 2.06. The van der Waals surface area contributed by atoms with E-state index in [-0.39, 0.29) is 0 Å². The van der Waals surface area contributed by atoms with Crippen LogP contribution in [0.3, 0.4) is 0 Å². The van der Waals surface area contributed by atoms with Gasteiger partial charge in [-0.1, -0.05) is 51.6 Å². The lowest BCUT2D eigenvalue weighted by Crippen LogP contribution is -2.16. The van der Waals surface area contributed by atoms with E-state index in [0.29, 0.717) is 14.9 Å². The number of hydrogen-bond donors (Lipinski definition) is 0. The average molecular weight is 294 g/mol. The van der Waals surface area contributed by atoms with Gasteiger partial charge in [0.25, 0.3) is 0 Å². The predicted molar refractivity (Wildman–Crippen MR) is 65.5 cm³/mol. The second-order valence-corrected chi connectivity index (χ2v) is 5.57. The molecule has 1 aliphatic carbocycles. The minimum atomic E-state index is 0.436. The highest BCUT2D eigenvalue weighted by Crippen LogP contribution is 2.43. The molecule has 0 amide bonds. The Bertz CT molecular complexity index is 334. The van der Waals surface area contributed by atoms with Gasteiger partial charge in [-0.15, -0.1) is 0 Å². The highest BCUT2D eigenvalue weighted by molar-refractivity contribution is 9.09. The van der Waals surface area contributed by atoms with Crippen molar-refractivity contribution in [2.24, 2.45) is 5.92 Å². The molecule has 1 aromatic carbocycles. The zero-order chi connectivity index (χ0) is 10.1. The van der Waals surface area contributed by atoms with Crippen molar-refractivity contribution in [1.82, 2.24) is 0 Å². The van der Waals surface area contributed by atoms with Gasteiger partial charge in [0.05, 0.1) is 10.0 Å². The summed E-state index contributed by atoms with van der Waals surface area (Å²) in [6.45, 7) is 0. The molecule has 3 heteroatoms. The molecule has 0 aromatic heterocycles. The molecule has 0 radical (unpaired) electrons. The Balaban J connectivity index is 2.18. The van der Waals surface area contributed by atoms with Crippen molar-refractivity contribution in [1.29, 1.82) is 0 Å². The standard InChI is InChI=1S/C11H11BrCl2/c12-11(7-2-1-3-7)8-4-5-9(13)10(14)6-8/h4-7,11H,1-3H2. The number of hydrogen-bond acceptors (Lipinski definition) is 0. The van der Waals surface area contributed by atoms with Crippen molar-refractivity contribution in [2.45, 2.75) is 24.1 Å². The van der Waals surface area contributed by atoms with Gasteiger partial charge in [-0.25, -0.2) is 0 Å². The molecule has 2 rings (SSSR count). The van der Waals surface area contributed by atoms with Gasteiger partial charge in [-0.05, 0) is 36.5 Å². The van der Waals surface area contributed by atoms with Crippen LogP contribution in [0.15, 0.2) is 18.2 Å². The van der Waals surface area contributed by atoms with Gasteiger partial charge in [-0.3, -0.25) is 0 Å². The quantitative estimate of drug-likeness (QED) is 0.655. The fourth-order valence-electron chi connectivity index (χ4n) is 1.69. The molecular formula is C11H11BrCl2. The molecule has 0 aliphatic heterocycles. The van der Waals surface area contributed by atoms with Crippen LogP contribution in [0.25, 0.3) is 0 Å². The fraction of sp³-hybridized carbons (Fsp3) is 0.455. The number of alkyl halides is 1. The van der Waals surface area contributed by atoms with Crippen molar-refractivity contribution in [3.63, 3.8) is 0 Å². The first kappa shape index (κ1) is 10.8. The lowest BCUT2D eigenvalue weighted by molar-refractivity contribution is 0.312. The van der Waals surface area contributed by atoms with Crippen LogP contribution in [0.1, 0.15) is 29.7 Å². The lowest BCUT2D eigenvalue weighted by atomic mass is 9.81. The topological polar surface area (TPSA) is 0 Å². The van der Waals surface area contributed by atoms with Gasteiger partial charge in [-0.2, -0.15) is 0 Å². The minimum Gasteiger partial charge on any atom is -0.0836 e. The Hall–Kier alpha value is 0.280. The number of halogens is 3. The molecular weight excluding hydrogens is 283 g/mol. The zero-order valence-electron chi connectivity index (χ0n) is 7.64. The third-order valence-electron chi connectivity index (χ3n) is 2.83. The SMILES string of the molecule is Clc1ccc(C(Br)C2CCC2)cc1Cl. The van der Waals surface area contributed by atoms with Crippen molar-refractivity contribution in [3.8, 4) is 0 Å². The van der Waals surface area contributed by atoms with Crippen LogP contribution in [0.2, 0.25) is 10.0 Å². The zero-order valence-corrected chi connectivity index (χ0v) is 10.7. The van der Waals surface area contributed by atoms with Gasteiger partial charge >= 0.3 is 0 Å². The summed E-state index contributed by atoms with van der Waals surface area (Å²) >= 11 is 15.6. The Kier molecular flexibility index (Phi) is 3.41. The largest absolute Gasteiger partial charge is 0.0836 e. The third kappa shape index (κ3) is 2.10. The molecule has 14 heavy (non-hydrogen) atoms. The highest BCUT2D eigenvalue weighted by Gasteiger charge is 2.26. The summed E-state index contributed by atoms with van der Waals surface area (Å²) in [7, 11) is 0. The number of rotatable bonds is 2. The van der Waals surface area contributed by atoms with E-state index in [9.17, 15) is 0 Å². The second kappa shape index (κ2) is 4.42. The minimum absolute atomic E-state index is 0.436. The Morgan fingerprint density at radius 1 is 1.21 bits per heavy atom. The van der Waals surface area contributed by atoms with Crippen LogP contribution in [-0.4, -0.2) is 0 Å². The molecule has 1 unspecified atom stereocenters. The molecule has 0 heterocycles.